The van der Waals surface area contributed by atoms with Gasteiger partial charge >= 0.3 is 5.97 Å². The van der Waals surface area contributed by atoms with E-state index in [4.69, 9.17) is 4.74 Å². The van der Waals surface area contributed by atoms with Crippen molar-refractivity contribution in [3.63, 3.8) is 0 Å². The molecule has 0 unspecified atom stereocenters. The topological polar surface area (TPSA) is 92.8 Å². The molecule has 0 aromatic heterocycles. The molecule has 1 aliphatic rings. The minimum Gasteiger partial charge on any atom is -0.451 e. The number of benzene rings is 2. The van der Waals surface area contributed by atoms with E-state index in [-0.39, 0.29) is 11.1 Å². The van der Waals surface area contributed by atoms with Crippen molar-refractivity contribution in [2.75, 3.05) is 5.32 Å². The average molecular weight is 380 g/mol. The molecule has 28 heavy (non-hydrogen) atoms. The van der Waals surface area contributed by atoms with E-state index in [0.29, 0.717) is 5.69 Å². The molecule has 0 bridgehead atoms. The summed E-state index contributed by atoms with van der Waals surface area (Å²) in [4.78, 5) is 50.5. The van der Waals surface area contributed by atoms with Crippen molar-refractivity contribution in [3.05, 3.63) is 65.2 Å². The van der Waals surface area contributed by atoms with Gasteiger partial charge in [0.2, 0.25) is 0 Å². The number of hydrogen-bond donors (Lipinski definition) is 1. The van der Waals surface area contributed by atoms with E-state index in [0.717, 1.165) is 10.5 Å². The Bertz CT molecular complexity index is 934. The van der Waals surface area contributed by atoms with Gasteiger partial charge in [-0.2, -0.15) is 0 Å². The van der Waals surface area contributed by atoms with Gasteiger partial charge in [-0.15, -0.1) is 0 Å². The first-order valence-corrected chi connectivity index (χ1v) is 8.84. The maximum absolute atomic E-state index is 12.5. The van der Waals surface area contributed by atoms with Crippen LogP contribution in [0.1, 0.15) is 40.1 Å². The van der Waals surface area contributed by atoms with Gasteiger partial charge in [-0.1, -0.05) is 24.3 Å². The predicted molar refractivity (Wildman–Crippen MR) is 102 cm³/mol. The van der Waals surface area contributed by atoms with Crippen molar-refractivity contribution in [1.82, 2.24) is 4.90 Å². The first-order valence-electron chi connectivity index (χ1n) is 8.84. The molecule has 2 aromatic rings. The second-order valence-corrected chi connectivity index (χ2v) is 6.64. The summed E-state index contributed by atoms with van der Waals surface area (Å²) < 4.78 is 5.19. The van der Waals surface area contributed by atoms with Crippen LogP contribution < -0.4 is 5.32 Å². The van der Waals surface area contributed by atoms with E-state index in [9.17, 15) is 19.2 Å². The zero-order chi connectivity index (χ0) is 20.4. The van der Waals surface area contributed by atoms with Crippen molar-refractivity contribution in [2.45, 2.75) is 32.9 Å². The second kappa shape index (κ2) is 7.64. The summed E-state index contributed by atoms with van der Waals surface area (Å²) in [5.41, 5.74) is 2.05. The van der Waals surface area contributed by atoms with E-state index in [2.05, 4.69) is 5.32 Å². The maximum atomic E-state index is 12.5. The number of rotatable bonds is 5. The lowest BCUT2D eigenvalue weighted by atomic mass is 10.1. The molecule has 1 aliphatic heterocycles. The molecular weight excluding hydrogens is 360 g/mol. The highest BCUT2D eigenvalue weighted by molar-refractivity contribution is 6.22. The molecule has 0 radical (unpaired) electrons. The lowest BCUT2D eigenvalue weighted by Crippen LogP contribution is -2.45. The van der Waals surface area contributed by atoms with Crippen LogP contribution in [0.5, 0.6) is 0 Å². The molecule has 3 rings (SSSR count). The zero-order valence-electron chi connectivity index (χ0n) is 15.8. The van der Waals surface area contributed by atoms with Gasteiger partial charge in [0.05, 0.1) is 11.1 Å². The fourth-order valence-corrected chi connectivity index (χ4v) is 2.96. The third-order valence-electron chi connectivity index (χ3n) is 4.50. The Kier molecular flexibility index (Phi) is 5.26. The number of carbonyl (C=O) groups excluding carboxylic acids is 4. The minimum atomic E-state index is -1.15. The molecule has 7 heteroatoms. The van der Waals surface area contributed by atoms with E-state index in [1.165, 1.54) is 26.0 Å². The summed E-state index contributed by atoms with van der Waals surface area (Å²) in [5.74, 6) is -2.45. The molecule has 0 spiro atoms. The molecule has 2 aromatic carbocycles. The van der Waals surface area contributed by atoms with Crippen molar-refractivity contribution in [2.24, 2.45) is 0 Å². The number of aryl methyl sites for hydroxylation is 1. The van der Waals surface area contributed by atoms with Crippen LogP contribution in [-0.4, -0.2) is 40.7 Å². The molecule has 1 heterocycles. The number of nitrogens with zero attached hydrogens (tertiary/aromatic N) is 1. The number of hydrogen-bond acceptors (Lipinski definition) is 5. The quantitative estimate of drug-likeness (QED) is 0.636. The Morgan fingerprint density at radius 1 is 0.964 bits per heavy atom. The Hall–Kier alpha value is -3.48. The molecule has 7 nitrogen and oxygen atoms in total. The molecule has 0 saturated heterocycles. The van der Waals surface area contributed by atoms with Crippen LogP contribution in [0.2, 0.25) is 0 Å². The van der Waals surface area contributed by atoms with Crippen molar-refractivity contribution in [1.29, 1.82) is 0 Å². The third kappa shape index (κ3) is 3.64. The maximum Gasteiger partial charge on any atom is 0.329 e. The molecule has 0 aliphatic carbocycles. The summed E-state index contributed by atoms with van der Waals surface area (Å²) in [6.45, 7) is 4.72. The van der Waals surface area contributed by atoms with Crippen molar-refractivity contribution < 1.29 is 23.9 Å². The van der Waals surface area contributed by atoms with Crippen LogP contribution in [0.4, 0.5) is 5.69 Å². The molecule has 1 N–H and O–H groups in total. The van der Waals surface area contributed by atoms with Crippen LogP contribution >= 0.6 is 0 Å². The molecule has 3 amide bonds. The number of anilines is 1. The second-order valence-electron chi connectivity index (χ2n) is 6.64. The molecule has 0 saturated carbocycles. The highest BCUT2D eigenvalue weighted by Crippen LogP contribution is 2.25. The van der Waals surface area contributed by atoms with Crippen LogP contribution in [0, 0.1) is 6.92 Å². The van der Waals surface area contributed by atoms with Gasteiger partial charge in [0.1, 0.15) is 6.04 Å². The lowest BCUT2D eigenvalue weighted by Gasteiger charge is -2.22. The largest absolute Gasteiger partial charge is 0.451 e. The number of amides is 3. The Balaban J connectivity index is 1.65. The minimum absolute atomic E-state index is 0.248. The first kappa shape index (κ1) is 19.3. The van der Waals surface area contributed by atoms with E-state index >= 15 is 0 Å². The summed E-state index contributed by atoms with van der Waals surface area (Å²) in [7, 11) is 0. The fourth-order valence-electron chi connectivity index (χ4n) is 2.96. The smallest absolute Gasteiger partial charge is 0.329 e. The van der Waals surface area contributed by atoms with Gasteiger partial charge in [-0.05, 0) is 50.6 Å². The number of imide groups is 1. The van der Waals surface area contributed by atoms with Gasteiger partial charge in [0.25, 0.3) is 17.7 Å². The number of ether oxygens (including phenoxy) is 1. The average Bonchev–Trinajstić information content (AvgIpc) is 2.92. The summed E-state index contributed by atoms with van der Waals surface area (Å²) in [5, 5.41) is 2.66. The van der Waals surface area contributed by atoms with Crippen LogP contribution in [0.25, 0.3) is 0 Å². The summed E-state index contributed by atoms with van der Waals surface area (Å²) in [6, 6.07) is 12.4. The van der Waals surface area contributed by atoms with Gasteiger partial charge in [-0.3, -0.25) is 19.3 Å². The third-order valence-corrected chi connectivity index (χ3v) is 4.50. The monoisotopic (exact) mass is 380 g/mol. The number of fused-ring (bicyclic) bond motifs is 1. The van der Waals surface area contributed by atoms with Crippen LogP contribution in [0.3, 0.4) is 0 Å². The van der Waals surface area contributed by atoms with E-state index < -0.39 is 35.8 Å². The fraction of sp³-hybridized carbons (Fsp3) is 0.238. The molecule has 0 fully saturated rings. The Morgan fingerprint density at radius 2 is 1.57 bits per heavy atom. The van der Waals surface area contributed by atoms with Gasteiger partial charge in [-0.25, -0.2) is 4.79 Å². The first-order chi connectivity index (χ1) is 13.3. The van der Waals surface area contributed by atoms with E-state index in [1.54, 1.807) is 30.3 Å². The van der Waals surface area contributed by atoms with E-state index in [1.807, 2.05) is 13.0 Å². The van der Waals surface area contributed by atoms with Crippen molar-refractivity contribution >= 4 is 29.4 Å². The predicted octanol–water partition coefficient (Wildman–Crippen LogP) is 2.55. The Morgan fingerprint density at radius 3 is 2.14 bits per heavy atom. The number of esters is 1. The summed E-state index contributed by atoms with van der Waals surface area (Å²) >= 11 is 0. The van der Waals surface area contributed by atoms with Gasteiger partial charge in [0.15, 0.2) is 6.10 Å². The summed E-state index contributed by atoms with van der Waals surface area (Å²) in [6.07, 6.45) is -1.09. The zero-order valence-corrected chi connectivity index (χ0v) is 15.8. The molecule has 144 valence electrons. The standard InChI is InChI=1S/C21H20N2O5/c1-12-7-6-8-15(11-12)22-18(24)14(3)28-21(27)13(2)23-19(25)16-9-4-5-10-17(16)20(23)26/h4-11,13-14H,1-3H3,(H,22,24)/t13-,14-/m1/s1. The Labute approximate surface area is 162 Å². The number of carbonyl (C=O) groups is 4. The lowest BCUT2D eigenvalue weighted by molar-refractivity contribution is -0.156. The highest BCUT2D eigenvalue weighted by atomic mass is 16.5. The van der Waals surface area contributed by atoms with Gasteiger partial charge in [0, 0.05) is 5.69 Å². The molecule has 2 atom stereocenters. The normalized spacial score (nSPS) is 15.0. The molecular formula is C21H20N2O5. The van der Waals surface area contributed by atoms with Crippen LogP contribution in [0.15, 0.2) is 48.5 Å². The number of nitrogens with one attached hydrogen (secondary N) is 1. The highest BCUT2D eigenvalue weighted by Gasteiger charge is 2.41. The van der Waals surface area contributed by atoms with Crippen LogP contribution in [-0.2, 0) is 14.3 Å². The SMILES string of the molecule is Cc1cccc(NC(=O)[C@@H](C)OC(=O)[C@@H](C)N2C(=O)c3ccccc3C2=O)c1. The van der Waals surface area contributed by atoms with Crippen molar-refractivity contribution in [3.8, 4) is 0 Å². The van der Waals surface area contributed by atoms with Gasteiger partial charge < -0.3 is 10.1 Å².